The first-order valence-electron chi connectivity index (χ1n) is 8.19. The maximum Gasteiger partial charge on any atom is 0.348 e. The van der Waals surface area contributed by atoms with Crippen molar-refractivity contribution in [3.63, 3.8) is 0 Å². The van der Waals surface area contributed by atoms with Crippen molar-refractivity contribution >= 4 is 11.8 Å². The maximum absolute atomic E-state index is 13.3. The van der Waals surface area contributed by atoms with Gasteiger partial charge in [0, 0.05) is 30.1 Å². The van der Waals surface area contributed by atoms with Gasteiger partial charge in [-0.3, -0.25) is 4.57 Å². The van der Waals surface area contributed by atoms with Crippen LogP contribution < -0.4 is 5.69 Å². The van der Waals surface area contributed by atoms with Gasteiger partial charge in [0.1, 0.15) is 10.8 Å². The van der Waals surface area contributed by atoms with Crippen molar-refractivity contribution in [3.8, 4) is 0 Å². The van der Waals surface area contributed by atoms with E-state index in [0.717, 1.165) is 42.1 Å². The molecular formula is C18H22FN3OS. The van der Waals surface area contributed by atoms with Crippen molar-refractivity contribution in [2.24, 2.45) is 0 Å². The number of thioether (sulfide) groups is 1. The van der Waals surface area contributed by atoms with E-state index >= 15 is 0 Å². The van der Waals surface area contributed by atoms with Crippen LogP contribution in [0, 0.1) is 5.82 Å². The van der Waals surface area contributed by atoms with Gasteiger partial charge in [0.05, 0.1) is 0 Å². The topological polar surface area (TPSA) is 38.1 Å². The van der Waals surface area contributed by atoms with E-state index in [0.29, 0.717) is 12.3 Å². The number of likely N-dealkylation sites (N-methyl/N-ethyl adjacent to an activating group) is 1. The molecule has 24 heavy (non-hydrogen) atoms. The lowest BCUT2D eigenvalue weighted by atomic mass is 10.2. The third-order valence-corrected chi connectivity index (χ3v) is 5.32. The Hall–Kier alpha value is -1.66. The Labute approximate surface area is 145 Å². The van der Waals surface area contributed by atoms with Crippen molar-refractivity contribution < 1.29 is 4.39 Å². The molecule has 4 nitrogen and oxygen atoms in total. The van der Waals surface area contributed by atoms with Crippen molar-refractivity contribution in [1.82, 2.24) is 14.5 Å². The van der Waals surface area contributed by atoms with Crippen LogP contribution in [0.5, 0.6) is 0 Å². The predicted molar refractivity (Wildman–Crippen MR) is 95.0 cm³/mol. The molecule has 1 aliphatic carbocycles. The zero-order valence-electron chi connectivity index (χ0n) is 14.1. The molecule has 0 N–H and O–H groups in total. The fourth-order valence-corrected chi connectivity index (χ4v) is 4.03. The number of aromatic nitrogens is 2. The number of hydrogen-bond donors (Lipinski definition) is 0. The average Bonchev–Trinajstić information content (AvgIpc) is 3.01. The van der Waals surface area contributed by atoms with Crippen LogP contribution in [0.4, 0.5) is 4.39 Å². The smallest absolute Gasteiger partial charge is 0.308 e. The van der Waals surface area contributed by atoms with Crippen LogP contribution >= 0.6 is 11.8 Å². The Balaban J connectivity index is 1.83. The van der Waals surface area contributed by atoms with Crippen molar-refractivity contribution in [2.45, 2.75) is 36.6 Å². The van der Waals surface area contributed by atoms with Crippen molar-refractivity contribution in [2.75, 3.05) is 20.6 Å². The summed E-state index contributed by atoms with van der Waals surface area (Å²) in [6.07, 6.45) is 2.97. The molecule has 0 aliphatic heterocycles. The van der Waals surface area contributed by atoms with Gasteiger partial charge in [-0.05, 0) is 51.1 Å². The SMILES string of the molecule is CN(C)CCn1c2c(c(SCc3cccc(F)c3)nc1=O)CCC2. The van der Waals surface area contributed by atoms with Gasteiger partial charge in [-0.2, -0.15) is 4.98 Å². The summed E-state index contributed by atoms with van der Waals surface area (Å²) in [7, 11) is 4.00. The molecule has 0 bridgehead atoms. The minimum absolute atomic E-state index is 0.167. The van der Waals surface area contributed by atoms with Gasteiger partial charge >= 0.3 is 5.69 Å². The second-order valence-corrected chi connectivity index (χ2v) is 7.32. The minimum Gasteiger partial charge on any atom is -0.308 e. The minimum atomic E-state index is -0.231. The molecule has 0 spiro atoms. The second kappa shape index (κ2) is 7.49. The van der Waals surface area contributed by atoms with E-state index in [2.05, 4.69) is 9.88 Å². The number of benzene rings is 1. The van der Waals surface area contributed by atoms with E-state index in [1.54, 1.807) is 6.07 Å². The van der Waals surface area contributed by atoms with Gasteiger partial charge in [-0.1, -0.05) is 12.1 Å². The molecule has 3 rings (SSSR count). The molecule has 1 aliphatic rings. The molecule has 0 radical (unpaired) electrons. The quantitative estimate of drug-likeness (QED) is 0.595. The van der Waals surface area contributed by atoms with Crippen LogP contribution in [0.15, 0.2) is 34.1 Å². The Morgan fingerprint density at radius 2 is 2.17 bits per heavy atom. The molecule has 0 saturated heterocycles. The number of fused-ring (bicyclic) bond motifs is 1. The summed E-state index contributed by atoms with van der Waals surface area (Å²) in [4.78, 5) is 18.8. The third-order valence-electron chi connectivity index (χ3n) is 4.24. The summed E-state index contributed by atoms with van der Waals surface area (Å²) in [6.45, 7) is 1.50. The van der Waals surface area contributed by atoms with Gasteiger partial charge in [0.2, 0.25) is 0 Å². The first-order valence-corrected chi connectivity index (χ1v) is 9.17. The van der Waals surface area contributed by atoms with E-state index in [9.17, 15) is 9.18 Å². The molecule has 1 heterocycles. The molecule has 1 aromatic carbocycles. The lowest BCUT2D eigenvalue weighted by molar-refractivity contribution is 0.375. The largest absolute Gasteiger partial charge is 0.348 e. The molecule has 1 aromatic heterocycles. The fraction of sp³-hybridized carbons (Fsp3) is 0.444. The maximum atomic E-state index is 13.3. The highest BCUT2D eigenvalue weighted by Gasteiger charge is 2.21. The number of hydrogen-bond acceptors (Lipinski definition) is 4. The third kappa shape index (κ3) is 3.87. The van der Waals surface area contributed by atoms with Crippen molar-refractivity contribution in [3.05, 3.63) is 57.4 Å². The fourth-order valence-electron chi connectivity index (χ4n) is 3.01. The molecule has 0 saturated carbocycles. The van der Waals surface area contributed by atoms with Crippen LogP contribution in [0.2, 0.25) is 0 Å². The molecule has 0 atom stereocenters. The van der Waals surface area contributed by atoms with Gasteiger partial charge in [-0.25, -0.2) is 9.18 Å². The highest BCUT2D eigenvalue weighted by atomic mass is 32.2. The number of nitrogens with zero attached hydrogens (tertiary/aromatic N) is 3. The molecule has 128 valence electrons. The summed E-state index contributed by atoms with van der Waals surface area (Å²) in [6, 6.07) is 6.58. The van der Waals surface area contributed by atoms with Crippen LogP contribution in [0.1, 0.15) is 23.2 Å². The Kier molecular flexibility index (Phi) is 5.36. The average molecular weight is 347 g/mol. The summed E-state index contributed by atoms with van der Waals surface area (Å²) in [5, 5.41) is 0.817. The second-order valence-electron chi connectivity index (χ2n) is 6.35. The first-order chi connectivity index (χ1) is 11.5. The van der Waals surface area contributed by atoms with Gasteiger partial charge in [-0.15, -0.1) is 11.8 Å². The summed E-state index contributed by atoms with van der Waals surface area (Å²) in [5.74, 6) is 0.392. The van der Waals surface area contributed by atoms with E-state index in [1.165, 1.54) is 29.5 Å². The Morgan fingerprint density at radius 3 is 2.92 bits per heavy atom. The monoisotopic (exact) mass is 347 g/mol. The first kappa shape index (κ1) is 17.2. The zero-order chi connectivity index (χ0) is 17.1. The van der Waals surface area contributed by atoms with Gasteiger partial charge in [0.25, 0.3) is 0 Å². The summed E-state index contributed by atoms with van der Waals surface area (Å²) in [5.41, 5.74) is 3.08. The van der Waals surface area contributed by atoms with Crippen LogP contribution in [0.3, 0.4) is 0 Å². The van der Waals surface area contributed by atoms with Crippen LogP contribution in [-0.4, -0.2) is 35.1 Å². The lowest BCUT2D eigenvalue weighted by Crippen LogP contribution is -2.31. The lowest BCUT2D eigenvalue weighted by Gasteiger charge is -2.16. The zero-order valence-corrected chi connectivity index (χ0v) is 14.9. The highest BCUT2D eigenvalue weighted by molar-refractivity contribution is 7.98. The van der Waals surface area contributed by atoms with Crippen molar-refractivity contribution in [1.29, 1.82) is 0 Å². The van der Waals surface area contributed by atoms with E-state index in [4.69, 9.17) is 0 Å². The van der Waals surface area contributed by atoms with Gasteiger partial charge in [0.15, 0.2) is 0 Å². The normalized spacial score (nSPS) is 13.5. The standard InChI is InChI=1S/C18H22FN3OS/c1-21(2)9-10-22-16-8-4-7-15(16)17(20-18(22)23)24-12-13-5-3-6-14(19)11-13/h3,5-6,11H,4,7-10,12H2,1-2H3. The molecule has 0 fully saturated rings. The molecule has 0 unspecified atom stereocenters. The van der Waals surface area contributed by atoms with Gasteiger partial charge < -0.3 is 4.90 Å². The summed E-state index contributed by atoms with van der Waals surface area (Å²) >= 11 is 1.53. The molecular weight excluding hydrogens is 325 g/mol. The molecule has 2 aromatic rings. The highest BCUT2D eigenvalue weighted by Crippen LogP contribution is 2.31. The molecule has 6 heteroatoms. The Bertz CT molecular complexity index is 788. The predicted octanol–water partition coefficient (Wildman–Crippen LogP) is 2.73. The number of rotatable bonds is 6. The van der Waals surface area contributed by atoms with E-state index in [-0.39, 0.29) is 11.5 Å². The van der Waals surface area contributed by atoms with Crippen LogP contribution in [0.25, 0.3) is 0 Å². The van der Waals surface area contributed by atoms with E-state index < -0.39 is 0 Å². The van der Waals surface area contributed by atoms with Crippen LogP contribution in [-0.2, 0) is 25.1 Å². The Morgan fingerprint density at radius 1 is 1.33 bits per heavy atom. The molecule has 0 amide bonds. The van der Waals surface area contributed by atoms with E-state index in [1.807, 2.05) is 24.7 Å². The number of halogens is 1. The summed E-state index contributed by atoms with van der Waals surface area (Å²) < 4.78 is 15.1.